The van der Waals surface area contributed by atoms with Gasteiger partial charge < -0.3 is 9.88 Å². The van der Waals surface area contributed by atoms with Crippen LogP contribution in [0.3, 0.4) is 0 Å². The molecule has 0 saturated carbocycles. The first kappa shape index (κ1) is 17.3. The molecule has 9 nitrogen and oxygen atoms in total. The van der Waals surface area contributed by atoms with Gasteiger partial charge in [0, 0.05) is 32.3 Å². The van der Waals surface area contributed by atoms with Crippen LogP contribution in [0, 0.1) is 0 Å². The van der Waals surface area contributed by atoms with Gasteiger partial charge in [-0.25, -0.2) is 9.78 Å². The molecule has 134 valence electrons. The number of aryl methyl sites for hydroxylation is 1. The van der Waals surface area contributed by atoms with Crippen molar-refractivity contribution >= 4 is 28.5 Å². The van der Waals surface area contributed by atoms with Gasteiger partial charge in [0.2, 0.25) is 5.91 Å². The van der Waals surface area contributed by atoms with Crippen molar-refractivity contribution in [2.45, 2.75) is 13.5 Å². The van der Waals surface area contributed by atoms with Crippen LogP contribution in [-0.4, -0.2) is 30.4 Å². The number of anilines is 1. The molecule has 9 heteroatoms. The molecule has 2 heterocycles. The number of rotatable bonds is 4. The summed E-state index contributed by atoms with van der Waals surface area (Å²) in [6.45, 7) is 1.31. The third-order valence-electron chi connectivity index (χ3n) is 4.06. The lowest BCUT2D eigenvalue weighted by Crippen LogP contribution is -2.37. The van der Waals surface area contributed by atoms with E-state index in [0.29, 0.717) is 11.3 Å². The van der Waals surface area contributed by atoms with Crippen molar-refractivity contribution in [2.24, 2.45) is 14.1 Å². The maximum absolute atomic E-state index is 12.5. The van der Waals surface area contributed by atoms with Crippen molar-refractivity contribution in [1.29, 1.82) is 0 Å². The first-order valence-electron chi connectivity index (χ1n) is 7.81. The Bertz CT molecular complexity index is 1130. The van der Waals surface area contributed by atoms with Gasteiger partial charge in [0.05, 0.1) is 12.9 Å². The highest BCUT2D eigenvalue weighted by Crippen LogP contribution is 2.12. The van der Waals surface area contributed by atoms with Gasteiger partial charge in [-0.1, -0.05) is 0 Å². The number of amides is 1. The molecule has 0 aliphatic heterocycles. The Hall–Kier alpha value is -3.49. The van der Waals surface area contributed by atoms with E-state index in [1.54, 1.807) is 24.3 Å². The Labute approximate surface area is 147 Å². The van der Waals surface area contributed by atoms with E-state index < -0.39 is 11.2 Å². The molecule has 0 aliphatic rings. The second-order valence-corrected chi connectivity index (χ2v) is 5.93. The smallest absolute Gasteiger partial charge is 0.326 e. The SMILES string of the molecule is CC(=O)Nc1ccc(C(=O)Cn2cnc3c2c(=O)n(C)c(=O)n3C)cc1. The number of ketones is 1. The molecule has 0 radical (unpaired) electrons. The Morgan fingerprint density at radius 2 is 1.73 bits per heavy atom. The summed E-state index contributed by atoms with van der Waals surface area (Å²) < 4.78 is 3.67. The summed E-state index contributed by atoms with van der Waals surface area (Å²) in [5.41, 5.74) is 0.459. The number of benzene rings is 1. The van der Waals surface area contributed by atoms with Crippen LogP contribution in [0.2, 0.25) is 0 Å². The molecular weight excluding hydrogens is 338 g/mol. The van der Waals surface area contributed by atoms with Crippen LogP contribution in [-0.2, 0) is 25.4 Å². The van der Waals surface area contributed by atoms with E-state index in [-0.39, 0.29) is 29.4 Å². The third kappa shape index (κ3) is 2.94. The molecule has 0 atom stereocenters. The number of fused-ring (bicyclic) bond motifs is 1. The van der Waals surface area contributed by atoms with Gasteiger partial charge in [-0.15, -0.1) is 0 Å². The third-order valence-corrected chi connectivity index (χ3v) is 4.06. The minimum Gasteiger partial charge on any atom is -0.326 e. The molecule has 3 rings (SSSR count). The maximum atomic E-state index is 12.5. The molecule has 3 aromatic rings. The molecule has 1 amide bonds. The monoisotopic (exact) mass is 355 g/mol. The van der Waals surface area contributed by atoms with E-state index in [1.165, 1.54) is 36.5 Å². The van der Waals surface area contributed by atoms with Crippen molar-refractivity contribution < 1.29 is 9.59 Å². The molecule has 0 unspecified atom stereocenters. The Balaban J connectivity index is 1.94. The second kappa shape index (κ2) is 6.43. The van der Waals surface area contributed by atoms with Gasteiger partial charge in [0.1, 0.15) is 0 Å². The van der Waals surface area contributed by atoms with E-state index in [2.05, 4.69) is 10.3 Å². The van der Waals surface area contributed by atoms with Crippen molar-refractivity contribution in [3.8, 4) is 0 Å². The lowest BCUT2D eigenvalue weighted by molar-refractivity contribution is -0.114. The predicted octanol–water partition coefficient (Wildman–Crippen LogP) is 0.275. The molecule has 1 N–H and O–H groups in total. The molecule has 1 aromatic carbocycles. The predicted molar refractivity (Wildman–Crippen MR) is 95.3 cm³/mol. The van der Waals surface area contributed by atoms with E-state index in [4.69, 9.17) is 0 Å². The Morgan fingerprint density at radius 1 is 1.08 bits per heavy atom. The molecule has 26 heavy (non-hydrogen) atoms. The molecule has 0 spiro atoms. The Kier molecular flexibility index (Phi) is 4.29. The maximum Gasteiger partial charge on any atom is 0.332 e. The van der Waals surface area contributed by atoms with E-state index >= 15 is 0 Å². The molecule has 0 saturated heterocycles. The van der Waals surface area contributed by atoms with E-state index in [0.717, 1.165) is 4.57 Å². The van der Waals surface area contributed by atoms with Gasteiger partial charge in [-0.2, -0.15) is 0 Å². The van der Waals surface area contributed by atoms with Gasteiger partial charge in [-0.05, 0) is 24.3 Å². The van der Waals surface area contributed by atoms with Gasteiger partial charge in [0.15, 0.2) is 16.9 Å². The first-order valence-corrected chi connectivity index (χ1v) is 7.81. The zero-order valence-electron chi connectivity index (χ0n) is 14.5. The fraction of sp³-hybridized carbons (Fsp3) is 0.235. The summed E-state index contributed by atoms with van der Waals surface area (Å²) in [6.07, 6.45) is 1.37. The summed E-state index contributed by atoms with van der Waals surface area (Å²) in [7, 11) is 2.90. The summed E-state index contributed by atoms with van der Waals surface area (Å²) in [5, 5.41) is 2.62. The summed E-state index contributed by atoms with van der Waals surface area (Å²) in [4.78, 5) is 52.0. The number of nitrogens with one attached hydrogen (secondary N) is 1. The number of aromatic nitrogens is 4. The van der Waals surface area contributed by atoms with E-state index in [9.17, 15) is 19.2 Å². The van der Waals surface area contributed by atoms with Crippen LogP contribution in [0.25, 0.3) is 11.2 Å². The number of carbonyl (C=O) groups is 2. The van der Waals surface area contributed by atoms with Crippen LogP contribution in [0.15, 0.2) is 40.2 Å². The largest absolute Gasteiger partial charge is 0.332 e. The molecule has 0 aliphatic carbocycles. The second-order valence-electron chi connectivity index (χ2n) is 5.93. The minimum atomic E-state index is -0.505. The van der Waals surface area contributed by atoms with Crippen LogP contribution >= 0.6 is 0 Å². The van der Waals surface area contributed by atoms with Crippen molar-refractivity contribution in [1.82, 2.24) is 18.7 Å². The average molecular weight is 355 g/mol. The number of Topliss-reactive ketones (excluding diaryl/α,β-unsaturated/α-hetero) is 1. The highest BCUT2D eigenvalue weighted by molar-refractivity contribution is 5.97. The standard InChI is InChI=1S/C17H17N5O4/c1-10(23)19-12-6-4-11(5-7-12)13(24)8-22-9-18-15-14(22)16(25)21(3)17(26)20(15)2/h4-7,9H,8H2,1-3H3,(H,19,23). The molecule has 0 fully saturated rings. The Morgan fingerprint density at radius 3 is 2.35 bits per heavy atom. The van der Waals surface area contributed by atoms with Crippen LogP contribution in [0.5, 0.6) is 0 Å². The highest BCUT2D eigenvalue weighted by Gasteiger charge is 2.16. The lowest BCUT2D eigenvalue weighted by Gasteiger charge is -2.07. The van der Waals surface area contributed by atoms with E-state index in [1.807, 2.05) is 0 Å². The van der Waals surface area contributed by atoms with Crippen LogP contribution < -0.4 is 16.6 Å². The molecule has 2 aromatic heterocycles. The van der Waals surface area contributed by atoms with Crippen molar-refractivity contribution in [3.63, 3.8) is 0 Å². The topological polar surface area (TPSA) is 108 Å². The summed E-state index contributed by atoms with van der Waals surface area (Å²) >= 11 is 0. The van der Waals surface area contributed by atoms with Gasteiger partial charge in [0.25, 0.3) is 5.56 Å². The zero-order chi connectivity index (χ0) is 19.0. The van der Waals surface area contributed by atoms with Crippen molar-refractivity contribution in [3.05, 3.63) is 57.0 Å². The number of imidazole rings is 1. The number of hydrogen-bond donors (Lipinski definition) is 1. The fourth-order valence-corrected chi connectivity index (χ4v) is 2.71. The number of carbonyl (C=O) groups excluding carboxylic acids is 2. The summed E-state index contributed by atoms with van der Waals surface area (Å²) in [6, 6.07) is 6.45. The zero-order valence-corrected chi connectivity index (χ0v) is 14.5. The molecular formula is C17H17N5O4. The van der Waals surface area contributed by atoms with Gasteiger partial charge >= 0.3 is 5.69 Å². The highest BCUT2D eigenvalue weighted by atomic mass is 16.2. The number of hydrogen-bond acceptors (Lipinski definition) is 5. The fourth-order valence-electron chi connectivity index (χ4n) is 2.71. The lowest BCUT2D eigenvalue weighted by atomic mass is 10.1. The quantitative estimate of drug-likeness (QED) is 0.676. The minimum absolute atomic E-state index is 0.0938. The average Bonchev–Trinajstić information content (AvgIpc) is 3.02. The normalized spacial score (nSPS) is 10.9. The van der Waals surface area contributed by atoms with Crippen molar-refractivity contribution in [2.75, 3.05) is 5.32 Å². The van der Waals surface area contributed by atoms with Gasteiger partial charge in [-0.3, -0.25) is 23.5 Å². The number of nitrogens with zero attached hydrogens (tertiary/aromatic N) is 4. The first-order chi connectivity index (χ1) is 12.3. The van der Waals surface area contributed by atoms with Crippen LogP contribution in [0.1, 0.15) is 17.3 Å². The molecule has 0 bridgehead atoms. The summed E-state index contributed by atoms with van der Waals surface area (Å²) in [5.74, 6) is -0.426. The van der Waals surface area contributed by atoms with Crippen LogP contribution in [0.4, 0.5) is 5.69 Å².